The zero-order chi connectivity index (χ0) is 16.9. The molecule has 3 rings (SSSR count). The van der Waals surface area contributed by atoms with Gasteiger partial charge in [-0.15, -0.1) is 0 Å². The van der Waals surface area contributed by atoms with E-state index in [1.54, 1.807) is 4.68 Å². The molecule has 0 saturated carbocycles. The van der Waals surface area contributed by atoms with E-state index in [0.29, 0.717) is 18.9 Å². The highest BCUT2D eigenvalue weighted by molar-refractivity contribution is 5.84. The summed E-state index contributed by atoms with van der Waals surface area (Å²) in [5.41, 5.74) is 6.83. The molecule has 8 heteroatoms. The summed E-state index contributed by atoms with van der Waals surface area (Å²) >= 11 is 0. The Labute approximate surface area is 141 Å². The van der Waals surface area contributed by atoms with Crippen LogP contribution in [0.4, 0.5) is 5.95 Å². The summed E-state index contributed by atoms with van der Waals surface area (Å²) in [6.45, 7) is 3.34. The van der Waals surface area contributed by atoms with Crippen LogP contribution >= 0.6 is 0 Å². The first-order valence-corrected chi connectivity index (χ1v) is 8.33. The molecule has 1 aliphatic heterocycles. The lowest BCUT2D eigenvalue weighted by Crippen LogP contribution is -2.50. The van der Waals surface area contributed by atoms with E-state index in [0.717, 1.165) is 25.1 Å². The molecule has 0 spiro atoms. The second kappa shape index (κ2) is 7.39. The van der Waals surface area contributed by atoms with Crippen LogP contribution in [0.15, 0.2) is 30.3 Å². The molecule has 1 amide bonds. The summed E-state index contributed by atoms with van der Waals surface area (Å²) in [6.07, 6.45) is 2.57. The van der Waals surface area contributed by atoms with Crippen LogP contribution in [0.5, 0.6) is 0 Å². The fraction of sp³-hybridized carbons (Fsp3) is 0.500. The minimum atomic E-state index is -0.372. The van der Waals surface area contributed by atoms with E-state index >= 15 is 0 Å². The molecule has 0 unspecified atom stereocenters. The van der Waals surface area contributed by atoms with Gasteiger partial charge in [-0.3, -0.25) is 4.79 Å². The molecule has 2 heterocycles. The second-order valence-corrected chi connectivity index (χ2v) is 6.04. The molecule has 8 nitrogen and oxygen atoms in total. The fourth-order valence-corrected chi connectivity index (χ4v) is 2.95. The Morgan fingerprint density at radius 2 is 2.21 bits per heavy atom. The van der Waals surface area contributed by atoms with Crippen LogP contribution in [-0.4, -0.2) is 56.2 Å². The van der Waals surface area contributed by atoms with Crippen LogP contribution < -0.4 is 11.1 Å². The van der Waals surface area contributed by atoms with Crippen LogP contribution in [0, 0.1) is 0 Å². The van der Waals surface area contributed by atoms with Crippen molar-refractivity contribution in [3.63, 3.8) is 0 Å². The number of amides is 1. The van der Waals surface area contributed by atoms with Gasteiger partial charge in [0.25, 0.3) is 0 Å². The monoisotopic (exact) mass is 329 g/mol. The molecule has 2 aromatic rings. The molecule has 0 bridgehead atoms. The number of benzene rings is 1. The third-order valence-corrected chi connectivity index (χ3v) is 4.25. The fourth-order valence-electron chi connectivity index (χ4n) is 2.95. The maximum atomic E-state index is 12.8. The van der Waals surface area contributed by atoms with Gasteiger partial charge < -0.3 is 16.0 Å². The third kappa shape index (κ3) is 3.53. The summed E-state index contributed by atoms with van der Waals surface area (Å²) in [5, 5.41) is 14.9. The van der Waals surface area contributed by atoms with Crippen LogP contribution in [0.1, 0.15) is 26.2 Å². The largest absolute Gasteiger partial charge is 0.341 e. The average molecular weight is 329 g/mol. The van der Waals surface area contributed by atoms with Crippen molar-refractivity contribution in [3.8, 4) is 5.69 Å². The minimum absolute atomic E-state index is 0.0512. The maximum absolute atomic E-state index is 12.8. The van der Waals surface area contributed by atoms with Crippen molar-refractivity contribution in [3.05, 3.63) is 30.3 Å². The Bertz CT molecular complexity index is 672. The number of anilines is 1. The van der Waals surface area contributed by atoms with E-state index in [1.807, 2.05) is 42.2 Å². The Balaban J connectivity index is 1.74. The Morgan fingerprint density at radius 3 is 2.92 bits per heavy atom. The Kier molecular flexibility index (Phi) is 5.05. The lowest BCUT2D eigenvalue weighted by Gasteiger charge is -2.33. The summed E-state index contributed by atoms with van der Waals surface area (Å²) in [7, 11) is 0. The van der Waals surface area contributed by atoms with Crippen molar-refractivity contribution in [2.75, 3.05) is 18.4 Å². The van der Waals surface area contributed by atoms with Crippen molar-refractivity contribution < 1.29 is 4.79 Å². The topological polar surface area (TPSA) is 102 Å². The van der Waals surface area contributed by atoms with Gasteiger partial charge in [0.15, 0.2) is 0 Å². The van der Waals surface area contributed by atoms with Crippen molar-refractivity contribution in [1.82, 2.24) is 25.1 Å². The van der Waals surface area contributed by atoms with Gasteiger partial charge in [-0.2, -0.15) is 4.68 Å². The number of aromatic nitrogens is 4. The molecule has 24 heavy (non-hydrogen) atoms. The standard InChI is InChI=1S/C16H23N7O/c1-2-14(15(24)22-10-6-7-12(17)11-22)18-16-19-20-21-23(16)13-8-4-3-5-9-13/h3-5,8-9,12,14H,2,6-7,10-11,17H2,1H3,(H,18,19,21)/t12-,14+/m0/s1. The summed E-state index contributed by atoms with van der Waals surface area (Å²) in [6, 6.07) is 9.27. The Hall–Kier alpha value is -2.48. The number of rotatable bonds is 5. The average Bonchev–Trinajstić information content (AvgIpc) is 3.08. The molecule has 1 saturated heterocycles. The van der Waals surface area contributed by atoms with Gasteiger partial charge in [0.1, 0.15) is 6.04 Å². The summed E-state index contributed by atoms with van der Waals surface area (Å²) in [4.78, 5) is 14.6. The molecule has 1 aromatic heterocycles. The van der Waals surface area contributed by atoms with Gasteiger partial charge in [0, 0.05) is 19.1 Å². The zero-order valence-electron chi connectivity index (χ0n) is 13.8. The predicted molar refractivity (Wildman–Crippen MR) is 90.6 cm³/mol. The van der Waals surface area contributed by atoms with Gasteiger partial charge >= 0.3 is 0 Å². The smallest absolute Gasteiger partial charge is 0.248 e. The summed E-state index contributed by atoms with van der Waals surface area (Å²) in [5.74, 6) is 0.512. The number of para-hydroxylation sites is 1. The van der Waals surface area contributed by atoms with E-state index in [2.05, 4.69) is 20.8 Å². The summed E-state index contributed by atoms with van der Waals surface area (Å²) < 4.78 is 1.60. The van der Waals surface area contributed by atoms with E-state index < -0.39 is 0 Å². The number of piperidine rings is 1. The predicted octanol–water partition coefficient (Wildman–Crippen LogP) is 0.802. The number of likely N-dealkylation sites (tertiary alicyclic amines) is 1. The minimum Gasteiger partial charge on any atom is -0.341 e. The van der Waals surface area contributed by atoms with Crippen LogP contribution in [0.3, 0.4) is 0 Å². The normalized spacial score (nSPS) is 19.1. The van der Waals surface area contributed by atoms with Crippen LogP contribution in [-0.2, 0) is 4.79 Å². The molecule has 1 aromatic carbocycles. The molecule has 1 aliphatic rings. The highest BCUT2D eigenvalue weighted by atomic mass is 16.2. The molecule has 0 aliphatic carbocycles. The zero-order valence-corrected chi connectivity index (χ0v) is 13.8. The first-order chi connectivity index (χ1) is 11.7. The van der Waals surface area contributed by atoms with Crippen molar-refractivity contribution >= 4 is 11.9 Å². The number of nitrogens with two attached hydrogens (primary N) is 1. The molecule has 128 valence electrons. The van der Waals surface area contributed by atoms with Gasteiger partial charge in [0.2, 0.25) is 11.9 Å². The van der Waals surface area contributed by atoms with Gasteiger partial charge in [-0.25, -0.2) is 0 Å². The molecule has 0 radical (unpaired) electrons. The van der Waals surface area contributed by atoms with Gasteiger partial charge in [-0.05, 0) is 41.8 Å². The van der Waals surface area contributed by atoms with Gasteiger partial charge in [-0.1, -0.05) is 30.2 Å². The number of hydrogen-bond donors (Lipinski definition) is 2. The molecule has 3 N–H and O–H groups in total. The second-order valence-electron chi connectivity index (χ2n) is 6.04. The number of carbonyl (C=O) groups excluding carboxylic acids is 1. The molecular formula is C16H23N7O. The first kappa shape index (κ1) is 16.4. The third-order valence-electron chi connectivity index (χ3n) is 4.25. The van der Waals surface area contributed by atoms with Crippen LogP contribution in [0.25, 0.3) is 5.69 Å². The lowest BCUT2D eigenvalue weighted by atomic mass is 10.1. The van der Waals surface area contributed by atoms with E-state index in [1.165, 1.54) is 0 Å². The van der Waals surface area contributed by atoms with Crippen molar-refractivity contribution in [2.24, 2.45) is 5.73 Å². The number of tetrazole rings is 1. The van der Waals surface area contributed by atoms with E-state index in [9.17, 15) is 4.79 Å². The van der Waals surface area contributed by atoms with E-state index in [-0.39, 0.29) is 18.0 Å². The lowest BCUT2D eigenvalue weighted by molar-refractivity contribution is -0.133. The molecule has 1 fully saturated rings. The molecular weight excluding hydrogens is 306 g/mol. The van der Waals surface area contributed by atoms with E-state index in [4.69, 9.17) is 5.73 Å². The maximum Gasteiger partial charge on any atom is 0.248 e. The number of nitrogens with one attached hydrogen (secondary N) is 1. The number of nitrogens with zero attached hydrogens (tertiary/aromatic N) is 5. The Morgan fingerprint density at radius 1 is 1.42 bits per heavy atom. The highest BCUT2D eigenvalue weighted by Gasteiger charge is 2.28. The van der Waals surface area contributed by atoms with Crippen LogP contribution in [0.2, 0.25) is 0 Å². The quantitative estimate of drug-likeness (QED) is 0.841. The number of hydrogen-bond acceptors (Lipinski definition) is 6. The number of carbonyl (C=O) groups is 1. The SMILES string of the molecule is CC[C@@H](Nc1nnnn1-c1ccccc1)C(=O)N1CCC[C@H](N)C1. The van der Waals surface area contributed by atoms with Crippen molar-refractivity contribution in [2.45, 2.75) is 38.3 Å². The first-order valence-electron chi connectivity index (χ1n) is 8.33. The molecule has 2 atom stereocenters. The van der Waals surface area contributed by atoms with Crippen molar-refractivity contribution in [1.29, 1.82) is 0 Å². The highest BCUT2D eigenvalue weighted by Crippen LogP contribution is 2.15. The van der Waals surface area contributed by atoms with Gasteiger partial charge in [0.05, 0.1) is 5.69 Å².